The van der Waals surface area contributed by atoms with E-state index < -0.39 is 0 Å². The van der Waals surface area contributed by atoms with Crippen molar-refractivity contribution in [1.82, 2.24) is 9.88 Å². The predicted octanol–water partition coefficient (Wildman–Crippen LogP) is 1.61. The summed E-state index contributed by atoms with van der Waals surface area (Å²) in [6, 6.07) is 4.26. The first-order valence-electron chi connectivity index (χ1n) is 6.40. The van der Waals surface area contributed by atoms with Gasteiger partial charge in [0, 0.05) is 24.3 Å². The number of nitrogens with two attached hydrogens (primary N) is 1. The van der Waals surface area contributed by atoms with Gasteiger partial charge in [0.1, 0.15) is 10.8 Å². The third-order valence-electron chi connectivity index (χ3n) is 3.39. The van der Waals surface area contributed by atoms with Crippen LogP contribution in [0.1, 0.15) is 25.3 Å². The third-order valence-corrected chi connectivity index (χ3v) is 3.62. The lowest BCUT2D eigenvalue weighted by Gasteiger charge is -2.24. The van der Waals surface area contributed by atoms with Crippen molar-refractivity contribution in [2.24, 2.45) is 5.73 Å². The van der Waals surface area contributed by atoms with Gasteiger partial charge in [-0.2, -0.15) is 0 Å². The van der Waals surface area contributed by atoms with E-state index >= 15 is 0 Å². The highest BCUT2D eigenvalue weighted by atomic mass is 32.1. The summed E-state index contributed by atoms with van der Waals surface area (Å²) in [5.74, 6) is 0.839. The van der Waals surface area contributed by atoms with Crippen LogP contribution >= 0.6 is 12.2 Å². The molecule has 1 aromatic heterocycles. The minimum Gasteiger partial charge on any atom is -0.389 e. The highest BCUT2D eigenvalue weighted by molar-refractivity contribution is 7.80. The van der Waals surface area contributed by atoms with E-state index in [-0.39, 0.29) is 0 Å². The zero-order chi connectivity index (χ0) is 13.0. The van der Waals surface area contributed by atoms with E-state index in [0.717, 1.165) is 17.9 Å². The van der Waals surface area contributed by atoms with Gasteiger partial charge in [0.25, 0.3) is 0 Å². The van der Waals surface area contributed by atoms with E-state index in [9.17, 15) is 0 Å². The Labute approximate surface area is 114 Å². The van der Waals surface area contributed by atoms with Crippen molar-refractivity contribution >= 4 is 23.0 Å². The third kappa shape index (κ3) is 3.40. The van der Waals surface area contributed by atoms with Crippen molar-refractivity contribution in [2.45, 2.75) is 25.8 Å². The van der Waals surface area contributed by atoms with E-state index in [2.05, 4.69) is 22.1 Å². The van der Waals surface area contributed by atoms with Crippen molar-refractivity contribution in [3.05, 3.63) is 23.9 Å². The Kier molecular flexibility index (Phi) is 4.49. The van der Waals surface area contributed by atoms with E-state index in [0.29, 0.717) is 11.0 Å². The van der Waals surface area contributed by atoms with E-state index in [1.165, 1.54) is 25.9 Å². The maximum absolute atomic E-state index is 5.61. The molecule has 1 atom stereocenters. The molecule has 1 aliphatic rings. The summed E-state index contributed by atoms with van der Waals surface area (Å²) >= 11 is 4.96. The van der Waals surface area contributed by atoms with Gasteiger partial charge in [-0.15, -0.1) is 0 Å². The molecule has 0 amide bonds. The summed E-state index contributed by atoms with van der Waals surface area (Å²) < 4.78 is 0. The molecular formula is C13H20N4S. The number of hydrogen-bond acceptors (Lipinski definition) is 4. The van der Waals surface area contributed by atoms with Gasteiger partial charge in [0.05, 0.1) is 0 Å². The minimum absolute atomic E-state index is 0.410. The van der Waals surface area contributed by atoms with Crippen LogP contribution in [0.15, 0.2) is 18.3 Å². The summed E-state index contributed by atoms with van der Waals surface area (Å²) in [5, 5.41) is 3.35. The SMILES string of the molecule is CC(CNc1cc(C(N)=S)ccn1)N1CCCC1. The van der Waals surface area contributed by atoms with Gasteiger partial charge < -0.3 is 11.1 Å². The zero-order valence-corrected chi connectivity index (χ0v) is 11.5. The first-order valence-corrected chi connectivity index (χ1v) is 6.81. The van der Waals surface area contributed by atoms with E-state index in [1.807, 2.05) is 12.1 Å². The Hall–Kier alpha value is -1.20. The fraction of sp³-hybridized carbons (Fsp3) is 0.538. The lowest BCUT2D eigenvalue weighted by molar-refractivity contribution is 0.269. The van der Waals surface area contributed by atoms with Crippen LogP contribution in [0.2, 0.25) is 0 Å². The van der Waals surface area contributed by atoms with Crippen LogP contribution < -0.4 is 11.1 Å². The molecule has 3 N–H and O–H groups in total. The van der Waals surface area contributed by atoms with Crippen LogP contribution in [0, 0.1) is 0 Å². The van der Waals surface area contributed by atoms with E-state index in [1.54, 1.807) is 6.20 Å². The molecule has 1 unspecified atom stereocenters. The molecule has 2 heterocycles. The van der Waals surface area contributed by atoms with Gasteiger partial charge in [0.2, 0.25) is 0 Å². The smallest absolute Gasteiger partial charge is 0.126 e. The van der Waals surface area contributed by atoms with Crippen LogP contribution in [-0.4, -0.2) is 40.5 Å². The molecule has 0 spiro atoms. The number of pyridine rings is 1. The highest BCUT2D eigenvalue weighted by Crippen LogP contribution is 2.12. The number of likely N-dealkylation sites (tertiary alicyclic amines) is 1. The van der Waals surface area contributed by atoms with Crippen molar-refractivity contribution in [3.8, 4) is 0 Å². The molecule has 1 fully saturated rings. The maximum Gasteiger partial charge on any atom is 0.126 e. The molecule has 0 radical (unpaired) electrons. The first-order chi connectivity index (χ1) is 8.66. The average Bonchev–Trinajstić information content (AvgIpc) is 2.90. The number of nitrogens with zero attached hydrogens (tertiary/aromatic N) is 2. The second-order valence-electron chi connectivity index (χ2n) is 4.77. The van der Waals surface area contributed by atoms with Gasteiger partial charge >= 0.3 is 0 Å². The first kappa shape index (κ1) is 13.2. The largest absolute Gasteiger partial charge is 0.389 e. The fourth-order valence-electron chi connectivity index (χ4n) is 2.24. The number of hydrogen-bond donors (Lipinski definition) is 2. The highest BCUT2D eigenvalue weighted by Gasteiger charge is 2.17. The fourth-order valence-corrected chi connectivity index (χ4v) is 2.37. The van der Waals surface area contributed by atoms with Crippen molar-refractivity contribution in [2.75, 3.05) is 25.0 Å². The standard InChI is InChI=1S/C13H20N4S/c1-10(17-6-2-3-7-17)9-16-12-8-11(13(14)18)4-5-15-12/h4-5,8,10H,2-3,6-7,9H2,1H3,(H2,14,18)(H,15,16). The maximum atomic E-state index is 5.61. The summed E-state index contributed by atoms with van der Waals surface area (Å²) in [7, 11) is 0. The summed E-state index contributed by atoms with van der Waals surface area (Å²) in [5.41, 5.74) is 6.46. The van der Waals surface area contributed by atoms with Crippen LogP contribution in [0.3, 0.4) is 0 Å². The summed E-state index contributed by atoms with van der Waals surface area (Å²) in [4.78, 5) is 7.19. The second-order valence-corrected chi connectivity index (χ2v) is 5.21. The molecule has 1 aliphatic heterocycles. The number of thiocarbonyl (C=S) groups is 1. The van der Waals surface area contributed by atoms with Crippen molar-refractivity contribution < 1.29 is 0 Å². The Morgan fingerprint density at radius 1 is 1.56 bits per heavy atom. The average molecular weight is 264 g/mol. The topological polar surface area (TPSA) is 54.2 Å². The van der Waals surface area contributed by atoms with Crippen LogP contribution in [0.25, 0.3) is 0 Å². The number of aromatic nitrogens is 1. The molecule has 1 aromatic rings. The van der Waals surface area contributed by atoms with Crippen LogP contribution in [-0.2, 0) is 0 Å². The van der Waals surface area contributed by atoms with E-state index in [4.69, 9.17) is 18.0 Å². The Morgan fingerprint density at radius 2 is 2.28 bits per heavy atom. The van der Waals surface area contributed by atoms with Gasteiger partial charge in [-0.1, -0.05) is 12.2 Å². The molecule has 0 saturated carbocycles. The van der Waals surface area contributed by atoms with Gasteiger partial charge in [-0.05, 0) is 45.0 Å². The lowest BCUT2D eigenvalue weighted by Crippen LogP contribution is -2.35. The molecule has 98 valence electrons. The van der Waals surface area contributed by atoms with Gasteiger partial charge in [-0.3, -0.25) is 4.90 Å². The molecule has 0 aromatic carbocycles. The summed E-state index contributed by atoms with van der Waals surface area (Å²) in [6.07, 6.45) is 4.37. The Bertz CT molecular complexity index is 415. The van der Waals surface area contributed by atoms with Gasteiger partial charge in [0.15, 0.2) is 0 Å². The second kappa shape index (κ2) is 6.11. The quantitative estimate of drug-likeness (QED) is 0.791. The molecule has 18 heavy (non-hydrogen) atoms. The minimum atomic E-state index is 0.410. The normalized spacial score (nSPS) is 17.6. The molecule has 0 bridgehead atoms. The number of rotatable bonds is 5. The number of nitrogens with one attached hydrogen (secondary N) is 1. The molecule has 4 nitrogen and oxygen atoms in total. The summed E-state index contributed by atoms with van der Waals surface area (Å²) in [6.45, 7) is 5.57. The predicted molar refractivity (Wildman–Crippen MR) is 78.9 cm³/mol. The monoisotopic (exact) mass is 264 g/mol. The molecule has 5 heteroatoms. The Morgan fingerprint density at radius 3 is 2.94 bits per heavy atom. The number of anilines is 1. The molecule has 0 aliphatic carbocycles. The van der Waals surface area contributed by atoms with Crippen molar-refractivity contribution in [1.29, 1.82) is 0 Å². The molecule has 1 saturated heterocycles. The Balaban J connectivity index is 1.89. The lowest BCUT2D eigenvalue weighted by atomic mass is 10.2. The van der Waals surface area contributed by atoms with Crippen LogP contribution in [0.5, 0.6) is 0 Å². The van der Waals surface area contributed by atoms with Gasteiger partial charge in [-0.25, -0.2) is 4.98 Å². The molecule has 2 rings (SSSR count). The van der Waals surface area contributed by atoms with Crippen molar-refractivity contribution in [3.63, 3.8) is 0 Å². The molecular weight excluding hydrogens is 244 g/mol. The van der Waals surface area contributed by atoms with Crippen LogP contribution in [0.4, 0.5) is 5.82 Å². The zero-order valence-electron chi connectivity index (χ0n) is 10.7.